The molecule has 6 nitrogen and oxygen atoms in total. The third-order valence-corrected chi connectivity index (χ3v) is 4.05. The minimum atomic E-state index is -0.224. The molecular formula is C16H35N5O. The Morgan fingerprint density at radius 1 is 1.18 bits per heavy atom. The molecule has 0 bridgehead atoms. The van der Waals surface area contributed by atoms with Gasteiger partial charge in [0.1, 0.15) is 0 Å². The minimum absolute atomic E-state index is 0.224. The van der Waals surface area contributed by atoms with Crippen LogP contribution in [0.15, 0.2) is 4.99 Å². The predicted molar refractivity (Wildman–Crippen MR) is 93.6 cm³/mol. The van der Waals surface area contributed by atoms with E-state index in [0.717, 1.165) is 38.7 Å². The van der Waals surface area contributed by atoms with E-state index < -0.39 is 0 Å². The molecule has 0 aromatic rings. The van der Waals surface area contributed by atoms with Gasteiger partial charge in [-0.05, 0) is 47.3 Å². The highest BCUT2D eigenvalue weighted by atomic mass is 16.5. The first kappa shape index (κ1) is 19.2. The van der Waals surface area contributed by atoms with E-state index in [-0.39, 0.29) is 5.60 Å². The zero-order valence-electron chi connectivity index (χ0n) is 15.1. The van der Waals surface area contributed by atoms with Crippen molar-refractivity contribution in [2.75, 3.05) is 66.5 Å². The lowest BCUT2D eigenvalue weighted by Gasteiger charge is -2.23. The molecule has 0 atom stereocenters. The molecule has 1 aliphatic rings. The Labute approximate surface area is 136 Å². The second-order valence-corrected chi connectivity index (χ2v) is 6.58. The summed E-state index contributed by atoms with van der Waals surface area (Å²) in [5, 5.41) is 6.72. The maximum atomic E-state index is 5.41. The van der Waals surface area contributed by atoms with Gasteiger partial charge in [-0.25, -0.2) is 0 Å². The van der Waals surface area contributed by atoms with Crippen molar-refractivity contribution in [3.05, 3.63) is 0 Å². The fourth-order valence-electron chi connectivity index (χ4n) is 2.33. The topological polar surface area (TPSA) is 52.1 Å². The number of nitrogens with zero attached hydrogens (tertiary/aromatic N) is 3. The summed E-state index contributed by atoms with van der Waals surface area (Å²) in [5.41, 5.74) is -0.224. The van der Waals surface area contributed by atoms with Gasteiger partial charge < -0.3 is 25.2 Å². The fraction of sp³-hybridized carbons (Fsp3) is 0.938. The van der Waals surface area contributed by atoms with Crippen LogP contribution in [0.2, 0.25) is 0 Å². The highest BCUT2D eigenvalue weighted by molar-refractivity contribution is 5.79. The van der Waals surface area contributed by atoms with Crippen LogP contribution in [0.5, 0.6) is 0 Å². The summed E-state index contributed by atoms with van der Waals surface area (Å²) in [4.78, 5) is 9.55. The maximum Gasteiger partial charge on any atom is 0.191 e. The van der Waals surface area contributed by atoms with Crippen molar-refractivity contribution in [3.63, 3.8) is 0 Å². The molecule has 0 unspecified atom stereocenters. The van der Waals surface area contributed by atoms with E-state index in [1.54, 1.807) is 7.11 Å². The van der Waals surface area contributed by atoms with Crippen molar-refractivity contribution in [1.29, 1.82) is 0 Å². The van der Waals surface area contributed by atoms with Gasteiger partial charge in [0.05, 0.1) is 12.1 Å². The Balaban J connectivity index is 2.35. The minimum Gasteiger partial charge on any atom is -0.377 e. The second kappa shape index (κ2) is 10.0. The van der Waals surface area contributed by atoms with Crippen LogP contribution >= 0.6 is 0 Å². The molecule has 0 saturated carbocycles. The van der Waals surface area contributed by atoms with Gasteiger partial charge in [0, 0.05) is 39.8 Å². The van der Waals surface area contributed by atoms with Crippen molar-refractivity contribution in [3.8, 4) is 0 Å². The second-order valence-electron chi connectivity index (χ2n) is 6.58. The van der Waals surface area contributed by atoms with E-state index in [4.69, 9.17) is 4.74 Å². The van der Waals surface area contributed by atoms with Crippen LogP contribution in [0.4, 0.5) is 0 Å². The van der Waals surface area contributed by atoms with Gasteiger partial charge in [0.15, 0.2) is 5.96 Å². The standard InChI is InChI=1S/C16H35N5O/c1-6-17-15(19-14-16(2,3)22-5)18-8-11-21-10-7-9-20(4)12-13-21/h6-14H2,1-5H3,(H2,17,18,19). The van der Waals surface area contributed by atoms with Gasteiger partial charge in [0.25, 0.3) is 0 Å². The first-order chi connectivity index (χ1) is 10.5. The van der Waals surface area contributed by atoms with E-state index in [9.17, 15) is 0 Å². The Hall–Kier alpha value is -0.850. The van der Waals surface area contributed by atoms with Crippen LogP contribution in [-0.4, -0.2) is 87.9 Å². The lowest BCUT2D eigenvalue weighted by Crippen LogP contribution is -2.43. The lowest BCUT2D eigenvalue weighted by molar-refractivity contribution is 0.0310. The van der Waals surface area contributed by atoms with E-state index in [2.05, 4.69) is 39.4 Å². The molecule has 22 heavy (non-hydrogen) atoms. The Kier molecular flexibility index (Phi) is 8.75. The van der Waals surface area contributed by atoms with Crippen LogP contribution in [0.1, 0.15) is 27.2 Å². The number of likely N-dealkylation sites (N-methyl/N-ethyl adjacent to an activating group) is 1. The SMILES string of the molecule is CCNC(=NCC(C)(C)OC)NCCN1CCCN(C)CC1. The largest absolute Gasteiger partial charge is 0.377 e. The van der Waals surface area contributed by atoms with Crippen molar-refractivity contribution < 1.29 is 4.74 Å². The zero-order valence-corrected chi connectivity index (χ0v) is 15.1. The number of hydrogen-bond acceptors (Lipinski definition) is 4. The Bertz CT molecular complexity index is 332. The molecule has 1 heterocycles. The molecule has 0 radical (unpaired) electrons. The van der Waals surface area contributed by atoms with Crippen molar-refractivity contribution in [1.82, 2.24) is 20.4 Å². The van der Waals surface area contributed by atoms with E-state index in [1.807, 2.05) is 13.8 Å². The first-order valence-electron chi connectivity index (χ1n) is 8.45. The Morgan fingerprint density at radius 3 is 2.64 bits per heavy atom. The number of nitrogens with one attached hydrogen (secondary N) is 2. The van der Waals surface area contributed by atoms with Crippen LogP contribution in [0.25, 0.3) is 0 Å². The number of guanidine groups is 1. The summed E-state index contributed by atoms with van der Waals surface area (Å²) in [6, 6.07) is 0. The summed E-state index contributed by atoms with van der Waals surface area (Å²) >= 11 is 0. The normalized spacial score (nSPS) is 19.0. The van der Waals surface area contributed by atoms with Gasteiger partial charge in [0.2, 0.25) is 0 Å². The number of hydrogen-bond donors (Lipinski definition) is 2. The summed E-state index contributed by atoms with van der Waals surface area (Å²) in [6.07, 6.45) is 1.26. The summed E-state index contributed by atoms with van der Waals surface area (Å²) in [7, 11) is 3.93. The molecule has 0 aromatic heterocycles. The molecule has 130 valence electrons. The number of ether oxygens (including phenoxy) is 1. The van der Waals surface area contributed by atoms with Crippen LogP contribution in [-0.2, 0) is 4.74 Å². The zero-order chi connectivity index (χ0) is 16.4. The average molecular weight is 313 g/mol. The molecule has 0 amide bonds. The molecule has 1 rings (SSSR count). The summed E-state index contributed by atoms with van der Waals surface area (Å²) in [5.74, 6) is 0.875. The van der Waals surface area contributed by atoms with Crippen LogP contribution in [0.3, 0.4) is 0 Å². The highest BCUT2D eigenvalue weighted by Gasteiger charge is 2.16. The third kappa shape index (κ3) is 7.96. The van der Waals surface area contributed by atoms with E-state index >= 15 is 0 Å². The fourth-order valence-corrected chi connectivity index (χ4v) is 2.33. The highest BCUT2D eigenvalue weighted by Crippen LogP contribution is 2.06. The lowest BCUT2D eigenvalue weighted by atomic mass is 10.1. The summed E-state index contributed by atoms with van der Waals surface area (Å²) < 4.78 is 5.41. The molecule has 0 aromatic carbocycles. The molecular weight excluding hydrogens is 278 g/mol. The monoisotopic (exact) mass is 313 g/mol. The van der Waals surface area contributed by atoms with Gasteiger partial charge in [-0.3, -0.25) is 4.99 Å². The van der Waals surface area contributed by atoms with Gasteiger partial charge >= 0.3 is 0 Å². The van der Waals surface area contributed by atoms with Crippen molar-refractivity contribution in [2.24, 2.45) is 4.99 Å². The smallest absolute Gasteiger partial charge is 0.191 e. The van der Waals surface area contributed by atoms with E-state index in [1.165, 1.54) is 19.5 Å². The van der Waals surface area contributed by atoms with Crippen molar-refractivity contribution in [2.45, 2.75) is 32.8 Å². The van der Waals surface area contributed by atoms with Gasteiger partial charge in [-0.1, -0.05) is 0 Å². The van der Waals surface area contributed by atoms with E-state index in [0.29, 0.717) is 6.54 Å². The van der Waals surface area contributed by atoms with Crippen molar-refractivity contribution >= 4 is 5.96 Å². The molecule has 2 N–H and O–H groups in total. The first-order valence-corrected chi connectivity index (χ1v) is 8.45. The van der Waals surface area contributed by atoms with Gasteiger partial charge in [-0.15, -0.1) is 0 Å². The molecule has 1 aliphatic heterocycles. The molecule has 0 aliphatic carbocycles. The Morgan fingerprint density at radius 2 is 1.95 bits per heavy atom. The van der Waals surface area contributed by atoms with Crippen LogP contribution in [0, 0.1) is 0 Å². The van der Waals surface area contributed by atoms with Gasteiger partial charge in [-0.2, -0.15) is 0 Å². The summed E-state index contributed by atoms with van der Waals surface area (Å²) in [6.45, 7) is 14.4. The molecule has 1 fully saturated rings. The predicted octanol–water partition coefficient (Wildman–Crippen LogP) is 0.604. The molecule has 0 spiro atoms. The number of rotatable bonds is 7. The third-order valence-electron chi connectivity index (χ3n) is 4.05. The van der Waals surface area contributed by atoms with Crippen LogP contribution < -0.4 is 10.6 Å². The number of aliphatic imine (C=N–C) groups is 1. The average Bonchev–Trinajstić information content (AvgIpc) is 2.70. The molecule has 6 heteroatoms. The molecule has 1 saturated heterocycles. The number of methoxy groups -OCH3 is 1. The quantitative estimate of drug-likeness (QED) is 0.533. The maximum absolute atomic E-state index is 5.41.